The van der Waals surface area contributed by atoms with E-state index in [1.807, 2.05) is 18.8 Å². The average molecular weight is 231 g/mol. The van der Waals surface area contributed by atoms with E-state index in [0.717, 1.165) is 19.0 Å². The second kappa shape index (κ2) is 10.1. The minimum atomic E-state index is 0.624. The highest BCUT2D eigenvalue weighted by atomic mass is 32.2. The molecule has 0 saturated carbocycles. The Balaban J connectivity index is 3.56. The molecule has 0 bridgehead atoms. The standard InChI is InChI=1S/C11H25N3S/c1-5-6-7-8-13-11(12-3)14-9-10(2)15-4/h10H,5-9H2,1-4H3,(H2,12,13,14). The normalized spacial score (nSPS) is 13.7. The van der Waals surface area contributed by atoms with Gasteiger partial charge in [-0.3, -0.25) is 4.99 Å². The largest absolute Gasteiger partial charge is 0.356 e. The Morgan fingerprint density at radius 1 is 1.33 bits per heavy atom. The van der Waals surface area contributed by atoms with E-state index in [4.69, 9.17) is 0 Å². The lowest BCUT2D eigenvalue weighted by Gasteiger charge is -2.14. The topological polar surface area (TPSA) is 36.4 Å². The lowest BCUT2D eigenvalue weighted by molar-refractivity contribution is 0.682. The van der Waals surface area contributed by atoms with Crippen LogP contribution in [-0.2, 0) is 0 Å². The maximum atomic E-state index is 4.18. The summed E-state index contributed by atoms with van der Waals surface area (Å²) in [4.78, 5) is 4.18. The van der Waals surface area contributed by atoms with Gasteiger partial charge in [0.25, 0.3) is 0 Å². The molecule has 1 unspecified atom stereocenters. The van der Waals surface area contributed by atoms with E-state index in [1.165, 1.54) is 19.3 Å². The van der Waals surface area contributed by atoms with Gasteiger partial charge in [0, 0.05) is 25.4 Å². The van der Waals surface area contributed by atoms with Crippen LogP contribution < -0.4 is 10.6 Å². The predicted molar refractivity (Wildman–Crippen MR) is 71.9 cm³/mol. The molecule has 0 aromatic heterocycles. The van der Waals surface area contributed by atoms with E-state index in [0.29, 0.717) is 5.25 Å². The monoisotopic (exact) mass is 231 g/mol. The van der Waals surface area contributed by atoms with Gasteiger partial charge >= 0.3 is 0 Å². The number of nitrogens with zero attached hydrogens (tertiary/aromatic N) is 1. The lowest BCUT2D eigenvalue weighted by Crippen LogP contribution is -2.40. The molecular weight excluding hydrogens is 206 g/mol. The molecular formula is C11H25N3S. The van der Waals surface area contributed by atoms with E-state index in [1.54, 1.807) is 0 Å². The Morgan fingerprint density at radius 3 is 2.60 bits per heavy atom. The average Bonchev–Trinajstić information content (AvgIpc) is 2.27. The van der Waals surface area contributed by atoms with Crippen LogP contribution >= 0.6 is 11.8 Å². The number of unbranched alkanes of at least 4 members (excludes halogenated alkanes) is 2. The predicted octanol–water partition coefficient (Wildman–Crippen LogP) is 2.09. The van der Waals surface area contributed by atoms with Crippen molar-refractivity contribution in [3.05, 3.63) is 0 Å². The summed E-state index contributed by atoms with van der Waals surface area (Å²) in [5, 5.41) is 7.25. The second-order valence-electron chi connectivity index (χ2n) is 3.63. The summed E-state index contributed by atoms with van der Waals surface area (Å²) in [6.07, 6.45) is 5.89. The Hall–Kier alpha value is -0.380. The Labute approximate surface area is 98.5 Å². The molecule has 15 heavy (non-hydrogen) atoms. The van der Waals surface area contributed by atoms with Crippen molar-refractivity contribution in [3.63, 3.8) is 0 Å². The molecule has 2 N–H and O–H groups in total. The van der Waals surface area contributed by atoms with Gasteiger partial charge in [-0.1, -0.05) is 26.7 Å². The molecule has 0 aliphatic rings. The number of guanidine groups is 1. The zero-order chi connectivity index (χ0) is 11.5. The molecule has 0 rings (SSSR count). The van der Waals surface area contributed by atoms with Crippen LogP contribution in [0.1, 0.15) is 33.1 Å². The molecule has 1 atom stereocenters. The molecule has 4 heteroatoms. The zero-order valence-electron chi connectivity index (χ0n) is 10.5. The summed E-state index contributed by atoms with van der Waals surface area (Å²) < 4.78 is 0. The van der Waals surface area contributed by atoms with Crippen molar-refractivity contribution in [2.24, 2.45) is 4.99 Å². The second-order valence-corrected chi connectivity index (χ2v) is 4.91. The smallest absolute Gasteiger partial charge is 0.191 e. The number of aliphatic imine (C=N–C) groups is 1. The summed E-state index contributed by atoms with van der Waals surface area (Å²) in [7, 11) is 1.82. The van der Waals surface area contributed by atoms with E-state index in [9.17, 15) is 0 Å². The molecule has 0 saturated heterocycles. The molecule has 0 spiro atoms. The highest BCUT2D eigenvalue weighted by Crippen LogP contribution is 2.02. The molecule has 3 nitrogen and oxygen atoms in total. The van der Waals surface area contributed by atoms with Gasteiger partial charge < -0.3 is 10.6 Å². The van der Waals surface area contributed by atoms with Crippen LogP contribution in [0.2, 0.25) is 0 Å². The van der Waals surface area contributed by atoms with E-state index < -0.39 is 0 Å². The zero-order valence-corrected chi connectivity index (χ0v) is 11.3. The van der Waals surface area contributed by atoms with Gasteiger partial charge in [-0.15, -0.1) is 0 Å². The fourth-order valence-electron chi connectivity index (χ4n) is 1.13. The van der Waals surface area contributed by atoms with Gasteiger partial charge in [-0.2, -0.15) is 11.8 Å². The van der Waals surface area contributed by atoms with Crippen molar-refractivity contribution in [1.29, 1.82) is 0 Å². The first kappa shape index (κ1) is 14.6. The third-order valence-electron chi connectivity index (χ3n) is 2.26. The van der Waals surface area contributed by atoms with Crippen molar-refractivity contribution in [3.8, 4) is 0 Å². The number of thioether (sulfide) groups is 1. The summed E-state index contributed by atoms with van der Waals surface area (Å²) in [6, 6.07) is 0. The van der Waals surface area contributed by atoms with Crippen molar-refractivity contribution in [2.75, 3.05) is 26.4 Å². The first-order chi connectivity index (χ1) is 7.24. The van der Waals surface area contributed by atoms with E-state index in [2.05, 4.69) is 35.7 Å². The van der Waals surface area contributed by atoms with Crippen LogP contribution in [0, 0.1) is 0 Å². The Bertz CT molecular complexity index is 171. The minimum Gasteiger partial charge on any atom is -0.356 e. The highest BCUT2D eigenvalue weighted by Gasteiger charge is 2.00. The maximum Gasteiger partial charge on any atom is 0.191 e. The first-order valence-electron chi connectivity index (χ1n) is 5.71. The van der Waals surface area contributed by atoms with Crippen LogP contribution in [-0.4, -0.2) is 37.6 Å². The molecule has 0 aliphatic carbocycles. The summed E-state index contributed by atoms with van der Waals surface area (Å²) in [6.45, 7) is 6.41. The molecule has 90 valence electrons. The summed E-state index contributed by atoms with van der Waals surface area (Å²) in [5.74, 6) is 0.923. The number of rotatable bonds is 7. The van der Waals surface area contributed by atoms with Crippen LogP contribution in [0.25, 0.3) is 0 Å². The van der Waals surface area contributed by atoms with E-state index in [-0.39, 0.29) is 0 Å². The van der Waals surface area contributed by atoms with Crippen LogP contribution in [0.4, 0.5) is 0 Å². The van der Waals surface area contributed by atoms with Crippen molar-refractivity contribution in [2.45, 2.75) is 38.4 Å². The Morgan fingerprint density at radius 2 is 2.07 bits per heavy atom. The molecule has 0 amide bonds. The van der Waals surface area contributed by atoms with Crippen LogP contribution in [0.3, 0.4) is 0 Å². The van der Waals surface area contributed by atoms with Gasteiger partial charge in [-0.05, 0) is 12.7 Å². The molecule has 0 heterocycles. The molecule has 0 fully saturated rings. The van der Waals surface area contributed by atoms with Gasteiger partial charge in [0.1, 0.15) is 0 Å². The molecule has 0 aromatic rings. The molecule has 0 aliphatic heterocycles. The Kier molecular flexibility index (Phi) is 9.89. The fraction of sp³-hybridized carbons (Fsp3) is 0.909. The third-order valence-corrected chi connectivity index (χ3v) is 3.23. The summed E-state index contributed by atoms with van der Waals surface area (Å²) in [5.41, 5.74) is 0. The van der Waals surface area contributed by atoms with Crippen molar-refractivity contribution < 1.29 is 0 Å². The van der Waals surface area contributed by atoms with E-state index >= 15 is 0 Å². The quantitative estimate of drug-likeness (QED) is 0.400. The minimum absolute atomic E-state index is 0.624. The van der Waals surface area contributed by atoms with Crippen molar-refractivity contribution in [1.82, 2.24) is 10.6 Å². The lowest BCUT2D eigenvalue weighted by atomic mass is 10.2. The molecule has 0 radical (unpaired) electrons. The summed E-state index contributed by atoms with van der Waals surface area (Å²) >= 11 is 1.86. The number of hydrogen-bond donors (Lipinski definition) is 2. The third kappa shape index (κ3) is 8.60. The van der Waals surface area contributed by atoms with Gasteiger partial charge in [-0.25, -0.2) is 0 Å². The number of hydrogen-bond acceptors (Lipinski definition) is 2. The SMILES string of the molecule is CCCCCNC(=NC)NCC(C)SC. The van der Waals surface area contributed by atoms with Crippen molar-refractivity contribution >= 4 is 17.7 Å². The molecule has 0 aromatic carbocycles. The van der Waals surface area contributed by atoms with Gasteiger partial charge in [0.2, 0.25) is 0 Å². The number of nitrogens with one attached hydrogen (secondary N) is 2. The fourth-order valence-corrected chi connectivity index (χ4v) is 1.38. The van der Waals surface area contributed by atoms with Gasteiger partial charge in [0.05, 0.1) is 0 Å². The first-order valence-corrected chi connectivity index (χ1v) is 7.00. The van der Waals surface area contributed by atoms with Crippen LogP contribution in [0.5, 0.6) is 0 Å². The maximum absolute atomic E-state index is 4.18. The van der Waals surface area contributed by atoms with Gasteiger partial charge in [0.15, 0.2) is 5.96 Å². The highest BCUT2D eigenvalue weighted by molar-refractivity contribution is 7.99. The van der Waals surface area contributed by atoms with Crippen LogP contribution in [0.15, 0.2) is 4.99 Å².